The van der Waals surface area contributed by atoms with E-state index in [2.05, 4.69) is 25.5 Å². The molecule has 0 saturated heterocycles. The Balaban J connectivity index is 2.62. The van der Waals surface area contributed by atoms with Gasteiger partial charge in [0.15, 0.2) is 5.78 Å². The number of Topliss-reactive ketones (excluding diaryl/α,β-unsaturated/α-hetero) is 1. The number of hydrogen-bond acceptors (Lipinski definition) is 3. The quantitative estimate of drug-likeness (QED) is 0.648. The van der Waals surface area contributed by atoms with E-state index in [1.165, 1.54) is 31.2 Å². The summed E-state index contributed by atoms with van der Waals surface area (Å²) in [5.74, 6) is -0.0768. The molecule has 20 heavy (non-hydrogen) atoms. The Morgan fingerprint density at radius 1 is 1.15 bits per heavy atom. The summed E-state index contributed by atoms with van der Waals surface area (Å²) in [5, 5.41) is 0. The van der Waals surface area contributed by atoms with Gasteiger partial charge >= 0.3 is 0 Å². The molecule has 0 aliphatic rings. The molecule has 4 nitrogen and oxygen atoms in total. The minimum Gasteiger partial charge on any atom is -0.295 e. The summed E-state index contributed by atoms with van der Waals surface area (Å²) in [5.41, 5.74) is 0.714. The molecule has 0 bridgehead atoms. The zero-order chi connectivity index (χ0) is 15.4. The zero-order valence-electron chi connectivity index (χ0n) is 12.6. The van der Waals surface area contributed by atoms with Crippen LogP contribution in [0.15, 0.2) is 29.2 Å². The van der Waals surface area contributed by atoms with Gasteiger partial charge in [-0.2, -0.15) is 0 Å². The second-order valence-electron chi connectivity index (χ2n) is 6.14. The zero-order valence-corrected chi connectivity index (χ0v) is 13.4. The van der Waals surface area contributed by atoms with Gasteiger partial charge in [-0.3, -0.25) is 4.79 Å². The molecular formula is C15H23NO3S. The lowest BCUT2D eigenvalue weighted by Crippen LogP contribution is -2.25. The molecule has 0 fully saturated rings. The molecule has 112 valence electrons. The van der Waals surface area contributed by atoms with E-state index in [-0.39, 0.29) is 16.1 Å². The maximum absolute atomic E-state index is 12.0. The third kappa shape index (κ3) is 5.43. The van der Waals surface area contributed by atoms with Crippen molar-refractivity contribution in [2.45, 2.75) is 45.4 Å². The summed E-state index contributed by atoms with van der Waals surface area (Å²) in [4.78, 5) is 11.3. The molecule has 0 atom stereocenters. The van der Waals surface area contributed by atoms with Crippen LogP contribution in [0.5, 0.6) is 0 Å². The van der Waals surface area contributed by atoms with Crippen LogP contribution in [-0.4, -0.2) is 20.7 Å². The van der Waals surface area contributed by atoms with Crippen molar-refractivity contribution in [3.05, 3.63) is 29.8 Å². The highest BCUT2D eigenvalue weighted by atomic mass is 32.2. The lowest BCUT2D eigenvalue weighted by Gasteiger charge is -2.17. The Morgan fingerprint density at radius 3 is 2.15 bits per heavy atom. The van der Waals surface area contributed by atoms with E-state index in [0.717, 1.165) is 12.8 Å². The maximum Gasteiger partial charge on any atom is 0.240 e. The molecule has 0 saturated carbocycles. The minimum atomic E-state index is -3.48. The van der Waals surface area contributed by atoms with E-state index < -0.39 is 10.0 Å². The van der Waals surface area contributed by atoms with Gasteiger partial charge in [-0.25, -0.2) is 13.1 Å². The summed E-state index contributed by atoms with van der Waals surface area (Å²) in [6, 6.07) is 5.99. The smallest absolute Gasteiger partial charge is 0.240 e. The first-order valence-electron chi connectivity index (χ1n) is 6.72. The first-order chi connectivity index (χ1) is 9.12. The van der Waals surface area contributed by atoms with E-state index in [9.17, 15) is 13.2 Å². The Bertz CT molecular complexity index is 554. The molecule has 0 aliphatic heterocycles. The third-order valence-electron chi connectivity index (χ3n) is 2.97. The topological polar surface area (TPSA) is 63.2 Å². The van der Waals surface area contributed by atoms with Crippen molar-refractivity contribution in [1.29, 1.82) is 0 Å². The van der Waals surface area contributed by atoms with Crippen molar-refractivity contribution in [3.8, 4) is 0 Å². The van der Waals surface area contributed by atoms with Gasteiger partial charge in [0.2, 0.25) is 10.0 Å². The molecule has 0 amide bonds. The van der Waals surface area contributed by atoms with Gasteiger partial charge < -0.3 is 0 Å². The molecular weight excluding hydrogens is 274 g/mol. The van der Waals surface area contributed by atoms with E-state index in [1.807, 2.05) is 0 Å². The second kappa shape index (κ2) is 6.50. The molecule has 1 N–H and O–H groups in total. The molecule has 0 aromatic heterocycles. The van der Waals surface area contributed by atoms with Crippen molar-refractivity contribution < 1.29 is 13.2 Å². The van der Waals surface area contributed by atoms with Gasteiger partial charge in [0.25, 0.3) is 0 Å². The predicted octanol–water partition coefficient (Wildman–Crippen LogP) is 2.99. The van der Waals surface area contributed by atoms with Gasteiger partial charge in [-0.15, -0.1) is 0 Å². The largest absolute Gasteiger partial charge is 0.295 e. The number of nitrogens with one attached hydrogen (secondary N) is 1. The number of sulfonamides is 1. The molecule has 1 rings (SSSR count). The summed E-state index contributed by atoms with van der Waals surface area (Å²) < 4.78 is 26.7. The van der Waals surface area contributed by atoms with Crippen LogP contribution >= 0.6 is 0 Å². The van der Waals surface area contributed by atoms with Crippen molar-refractivity contribution >= 4 is 15.8 Å². The van der Waals surface area contributed by atoms with E-state index in [1.54, 1.807) is 0 Å². The monoisotopic (exact) mass is 297 g/mol. The number of rotatable bonds is 6. The Kier molecular flexibility index (Phi) is 5.48. The number of hydrogen-bond donors (Lipinski definition) is 1. The first-order valence-corrected chi connectivity index (χ1v) is 8.21. The van der Waals surface area contributed by atoms with Crippen molar-refractivity contribution in [2.24, 2.45) is 5.41 Å². The highest BCUT2D eigenvalue weighted by Gasteiger charge is 2.15. The molecule has 0 spiro atoms. The van der Waals surface area contributed by atoms with Gasteiger partial charge in [0.05, 0.1) is 4.90 Å². The van der Waals surface area contributed by atoms with Crippen LogP contribution in [0.25, 0.3) is 0 Å². The fourth-order valence-corrected chi connectivity index (χ4v) is 2.85. The fourth-order valence-electron chi connectivity index (χ4n) is 1.78. The van der Waals surface area contributed by atoms with Crippen LogP contribution < -0.4 is 4.72 Å². The molecule has 0 unspecified atom stereocenters. The SMILES string of the molecule is CC(=O)c1ccc(S(=O)(=O)NCCCC(C)(C)C)cc1. The number of benzene rings is 1. The lowest BCUT2D eigenvalue weighted by atomic mass is 9.91. The number of carbonyl (C=O) groups excluding carboxylic acids is 1. The average Bonchev–Trinajstić information content (AvgIpc) is 2.34. The fraction of sp³-hybridized carbons (Fsp3) is 0.533. The highest BCUT2D eigenvalue weighted by molar-refractivity contribution is 7.89. The van der Waals surface area contributed by atoms with Gasteiger partial charge in [-0.05, 0) is 37.3 Å². The Labute approximate surface area is 121 Å². The highest BCUT2D eigenvalue weighted by Crippen LogP contribution is 2.20. The molecule has 5 heteroatoms. The van der Waals surface area contributed by atoms with Crippen LogP contribution in [-0.2, 0) is 10.0 Å². The average molecular weight is 297 g/mol. The minimum absolute atomic E-state index is 0.0768. The van der Waals surface area contributed by atoms with Gasteiger partial charge in [-0.1, -0.05) is 32.9 Å². The van der Waals surface area contributed by atoms with Crippen LogP contribution in [0, 0.1) is 5.41 Å². The third-order valence-corrected chi connectivity index (χ3v) is 4.44. The van der Waals surface area contributed by atoms with Crippen LogP contribution in [0.3, 0.4) is 0 Å². The van der Waals surface area contributed by atoms with E-state index >= 15 is 0 Å². The van der Waals surface area contributed by atoms with E-state index in [0.29, 0.717) is 12.1 Å². The van der Waals surface area contributed by atoms with Crippen LogP contribution in [0.2, 0.25) is 0 Å². The summed E-state index contributed by atoms with van der Waals surface area (Å²) in [7, 11) is -3.48. The van der Waals surface area contributed by atoms with Crippen molar-refractivity contribution in [3.63, 3.8) is 0 Å². The van der Waals surface area contributed by atoms with Crippen LogP contribution in [0.4, 0.5) is 0 Å². The van der Waals surface area contributed by atoms with Gasteiger partial charge in [0.1, 0.15) is 0 Å². The van der Waals surface area contributed by atoms with Gasteiger partial charge in [0, 0.05) is 12.1 Å². The van der Waals surface area contributed by atoms with E-state index in [4.69, 9.17) is 0 Å². The summed E-state index contributed by atoms with van der Waals surface area (Å²) in [6.07, 6.45) is 1.76. The molecule has 0 radical (unpaired) electrons. The predicted molar refractivity (Wildman–Crippen MR) is 80.3 cm³/mol. The van der Waals surface area contributed by atoms with Crippen molar-refractivity contribution in [1.82, 2.24) is 4.72 Å². The molecule has 1 aromatic carbocycles. The maximum atomic E-state index is 12.0. The molecule has 0 aliphatic carbocycles. The standard InChI is InChI=1S/C15H23NO3S/c1-12(17)13-6-8-14(9-7-13)20(18,19)16-11-5-10-15(2,3)4/h6-9,16H,5,10-11H2,1-4H3. The lowest BCUT2D eigenvalue weighted by molar-refractivity contribution is 0.101. The number of carbonyl (C=O) groups is 1. The first kappa shape index (κ1) is 16.9. The Hall–Kier alpha value is -1.20. The Morgan fingerprint density at radius 2 is 1.70 bits per heavy atom. The summed E-state index contributed by atoms with van der Waals surface area (Å²) >= 11 is 0. The van der Waals surface area contributed by atoms with Crippen molar-refractivity contribution in [2.75, 3.05) is 6.54 Å². The normalized spacial score (nSPS) is 12.4. The van der Waals surface area contributed by atoms with Crippen LogP contribution in [0.1, 0.15) is 50.9 Å². The molecule has 1 aromatic rings. The molecule has 0 heterocycles. The number of ketones is 1. The second-order valence-corrected chi connectivity index (χ2v) is 7.91. The summed E-state index contributed by atoms with van der Waals surface area (Å²) in [6.45, 7) is 8.26.